The molecule has 0 saturated carbocycles. The Bertz CT molecular complexity index is 309. The molecule has 0 spiro atoms. The highest BCUT2D eigenvalue weighted by molar-refractivity contribution is 5.21. The number of rotatable bonds is 6. The van der Waals surface area contributed by atoms with E-state index in [1.165, 1.54) is 11.1 Å². The summed E-state index contributed by atoms with van der Waals surface area (Å²) in [6, 6.07) is 8.62. The molecule has 0 bridgehead atoms. The van der Waals surface area contributed by atoms with Crippen LogP contribution in [0.25, 0.3) is 0 Å². The van der Waals surface area contributed by atoms with Crippen LogP contribution in [0.15, 0.2) is 24.3 Å². The molecule has 0 aliphatic heterocycles. The van der Waals surface area contributed by atoms with Crippen LogP contribution >= 0.6 is 0 Å². The van der Waals surface area contributed by atoms with Crippen molar-refractivity contribution < 1.29 is 5.11 Å². The summed E-state index contributed by atoms with van der Waals surface area (Å²) >= 11 is 0. The number of hydrogen-bond donors (Lipinski definition) is 1. The minimum absolute atomic E-state index is 0.174. The van der Waals surface area contributed by atoms with Gasteiger partial charge >= 0.3 is 0 Å². The summed E-state index contributed by atoms with van der Waals surface area (Å²) in [6.45, 7) is 6.00. The number of benzene rings is 1. The molecule has 2 nitrogen and oxygen atoms in total. The van der Waals surface area contributed by atoms with Crippen LogP contribution in [0.5, 0.6) is 0 Å². The molecule has 16 heavy (non-hydrogen) atoms. The van der Waals surface area contributed by atoms with Crippen LogP contribution in [-0.4, -0.2) is 29.7 Å². The first-order chi connectivity index (χ1) is 7.58. The van der Waals surface area contributed by atoms with Crippen molar-refractivity contribution in [1.82, 2.24) is 4.90 Å². The van der Waals surface area contributed by atoms with E-state index in [1.54, 1.807) is 0 Å². The lowest BCUT2D eigenvalue weighted by atomic mass is 10.1. The number of aryl methyl sites for hydroxylation is 1. The second kappa shape index (κ2) is 6.66. The SMILES string of the molecule is Cc1cccc(CN(C)CCCC(C)O)c1. The maximum absolute atomic E-state index is 9.17. The molecule has 0 fully saturated rings. The Morgan fingerprint density at radius 3 is 2.75 bits per heavy atom. The van der Waals surface area contributed by atoms with Crippen molar-refractivity contribution in [2.24, 2.45) is 0 Å². The van der Waals surface area contributed by atoms with Gasteiger partial charge < -0.3 is 10.0 Å². The molecule has 2 heteroatoms. The van der Waals surface area contributed by atoms with Crippen LogP contribution in [-0.2, 0) is 6.54 Å². The Morgan fingerprint density at radius 1 is 1.38 bits per heavy atom. The van der Waals surface area contributed by atoms with E-state index < -0.39 is 0 Å². The third kappa shape index (κ3) is 5.29. The van der Waals surface area contributed by atoms with Crippen LogP contribution in [0, 0.1) is 6.92 Å². The first kappa shape index (κ1) is 13.2. The van der Waals surface area contributed by atoms with Crippen LogP contribution in [0.2, 0.25) is 0 Å². The Labute approximate surface area is 98.9 Å². The van der Waals surface area contributed by atoms with E-state index in [1.807, 2.05) is 6.92 Å². The molecule has 0 saturated heterocycles. The molecule has 0 aliphatic rings. The smallest absolute Gasteiger partial charge is 0.0512 e. The number of aliphatic hydroxyl groups is 1. The van der Waals surface area contributed by atoms with Gasteiger partial charge in [0.25, 0.3) is 0 Å². The van der Waals surface area contributed by atoms with E-state index in [0.717, 1.165) is 25.9 Å². The molecule has 1 aromatic rings. The molecule has 1 rings (SSSR count). The predicted molar refractivity (Wildman–Crippen MR) is 68.4 cm³/mol. The lowest BCUT2D eigenvalue weighted by Crippen LogP contribution is -2.20. The first-order valence-corrected chi connectivity index (χ1v) is 6.00. The van der Waals surface area contributed by atoms with Gasteiger partial charge in [0.1, 0.15) is 0 Å². The van der Waals surface area contributed by atoms with Gasteiger partial charge in [-0.25, -0.2) is 0 Å². The second-order valence-electron chi connectivity index (χ2n) is 4.72. The predicted octanol–water partition coefficient (Wildman–Crippen LogP) is 2.59. The number of hydrogen-bond acceptors (Lipinski definition) is 2. The van der Waals surface area contributed by atoms with E-state index >= 15 is 0 Å². The highest BCUT2D eigenvalue weighted by Gasteiger charge is 2.02. The summed E-state index contributed by atoms with van der Waals surface area (Å²) in [6.07, 6.45) is 1.77. The lowest BCUT2D eigenvalue weighted by molar-refractivity contribution is 0.174. The van der Waals surface area contributed by atoms with Gasteiger partial charge in [-0.3, -0.25) is 0 Å². The zero-order chi connectivity index (χ0) is 12.0. The molecule has 90 valence electrons. The fourth-order valence-corrected chi connectivity index (χ4v) is 1.86. The molecule has 0 heterocycles. The van der Waals surface area contributed by atoms with Gasteiger partial charge in [-0.15, -0.1) is 0 Å². The van der Waals surface area contributed by atoms with E-state index in [2.05, 4.69) is 43.1 Å². The van der Waals surface area contributed by atoms with Crippen LogP contribution < -0.4 is 0 Å². The van der Waals surface area contributed by atoms with Gasteiger partial charge in [-0.1, -0.05) is 29.8 Å². The quantitative estimate of drug-likeness (QED) is 0.798. The maximum Gasteiger partial charge on any atom is 0.0512 e. The fraction of sp³-hybridized carbons (Fsp3) is 0.571. The average molecular weight is 221 g/mol. The van der Waals surface area contributed by atoms with Crippen LogP contribution in [0.4, 0.5) is 0 Å². The summed E-state index contributed by atoms with van der Waals surface area (Å²) in [5.41, 5.74) is 2.68. The summed E-state index contributed by atoms with van der Waals surface area (Å²) in [5.74, 6) is 0. The molecular weight excluding hydrogens is 198 g/mol. The first-order valence-electron chi connectivity index (χ1n) is 6.00. The Hall–Kier alpha value is -0.860. The molecule has 1 N–H and O–H groups in total. The maximum atomic E-state index is 9.17. The highest BCUT2D eigenvalue weighted by atomic mass is 16.3. The van der Waals surface area contributed by atoms with Crippen molar-refractivity contribution in [3.63, 3.8) is 0 Å². The van der Waals surface area contributed by atoms with Crippen molar-refractivity contribution in [2.75, 3.05) is 13.6 Å². The third-order valence-electron chi connectivity index (χ3n) is 2.70. The summed E-state index contributed by atoms with van der Waals surface area (Å²) in [5, 5.41) is 9.17. The standard InChI is InChI=1S/C14H23NO/c1-12-6-4-8-14(10-12)11-15(3)9-5-7-13(2)16/h4,6,8,10,13,16H,5,7,9,11H2,1-3H3. The molecule has 1 aromatic carbocycles. The van der Waals surface area contributed by atoms with E-state index in [-0.39, 0.29) is 6.10 Å². The van der Waals surface area contributed by atoms with Gasteiger partial charge in [0.05, 0.1) is 6.10 Å². The van der Waals surface area contributed by atoms with Crippen molar-refractivity contribution in [3.05, 3.63) is 35.4 Å². The lowest BCUT2D eigenvalue weighted by Gasteiger charge is -2.17. The summed E-state index contributed by atoms with van der Waals surface area (Å²) in [7, 11) is 2.13. The van der Waals surface area contributed by atoms with Gasteiger partial charge in [-0.05, 0) is 45.8 Å². The molecule has 0 amide bonds. The van der Waals surface area contributed by atoms with Gasteiger partial charge in [-0.2, -0.15) is 0 Å². The van der Waals surface area contributed by atoms with Crippen molar-refractivity contribution in [1.29, 1.82) is 0 Å². The molecule has 0 aromatic heterocycles. The molecule has 0 aliphatic carbocycles. The Morgan fingerprint density at radius 2 is 2.12 bits per heavy atom. The zero-order valence-corrected chi connectivity index (χ0v) is 10.6. The van der Waals surface area contributed by atoms with Crippen LogP contribution in [0.3, 0.4) is 0 Å². The number of nitrogens with zero attached hydrogens (tertiary/aromatic N) is 1. The minimum Gasteiger partial charge on any atom is -0.393 e. The Balaban J connectivity index is 2.31. The van der Waals surface area contributed by atoms with E-state index in [0.29, 0.717) is 0 Å². The molecular formula is C14H23NO. The van der Waals surface area contributed by atoms with Crippen LogP contribution in [0.1, 0.15) is 30.9 Å². The van der Waals surface area contributed by atoms with Crippen molar-refractivity contribution >= 4 is 0 Å². The third-order valence-corrected chi connectivity index (χ3v) is 2.70. The van der Waals surface area contributed by atoms with Gasteiger partial charge in [0, 0.05) is 6.54 Å². The van der Waals surface area contributed by atoms with E-state index in [4.69, 9.17) is 0 Å². The summed E-state index contributed by atoms with van der Waals surface area (Å²) in [4.78, 5) is 2.30. The molecule has 1 atom stereocenters. The Kier molecular flexibility index (Phi) is 5.50. The monoisotopic (exact) mass is 221 g/mol. The average Bonchev–Trinajstić information content (AvgIpc) is 2.16. The van der Waals surface area contributed by atoms with Gasteiger partial charge in [0.15, 0.2) is 0 Å². The topological polar surface area (TPSA) is 23.5 Å². The number of aliphatic hydroxyl groups excluding tert-OH is 1. The summed E-state index contributed by atoms with van der Waals surface area (Å²) < 4.78 is 0. The largest absolute Gasteiger partial charge is 0.393 e. The fourth-order valence-electron chi connectivity index (χ4n) is 1.86. The van der Waals surface area contributed by atoms with Gasteiger partial charge in [0.2, 0.25) is 0 Å². The normalized spacial score (nSPS) is 13.1. The molecule has 0 radical (unpaired) electrons. The second-order valence-corrected chi connectivity index (χ2v) is 4.72. The highest BCUT2D eigenvalue weighted by Crippen LogP contribution is 2.07. The minimum atomic E-state index is -0.174. The van der Waals surface area contributed by atoms with Crippen molar-refractivity contribution in [2.45, 2.75) is 39.3 Å². The van der Waals surface area contributed by atoms with E-state index in [9.17, 15) is 5.11 Å². The van der Waals surface area contributed by atoms with Crippen molar-refractivity contribution in [3.8, 4) is 0 Å². The molecule has 1 unspecified atom stereocenters. The zero-order valence-electron chi connectivity index (χ0n) is 10.6.